The van der Waals surface area contributed by atoms with Crippen molar-refractivity contribution in [1.29, 1.82) is 0 Å². The van der Waals surface area contributed by atoms with Crippen LogP contribution in [0.15, 0.2) is 30.3 Å². The Labute approximate surface area is 102 Å². The molecule has 4 heteroatoms. The van der Waals surface area contributed by atoms with Crippen molar-refractivity contribution in [2.45, 2.75) is 6.04 Å². The Morgan fingerprint density at radius 1 is 1.35 bits per heavy atom. The zero-order chi connectivity index (χ0) is 12.3. The molecule has 0 aromatic heterocycles. The van der Waals surface area contributed by atoms with Crippen molar-refractivity contribution in [1.82, 2.24) is 5.32 Å². The van der Waals surface area contributed by atoms with E-state index < -0.39 is 0 Å². The fourth-order valence-electron chi connectivity index (χ4n) is 2.11. The van der Waals surface area contributed by atoms with Gasteiger partial charge in [0.2, 0.25) is 5.91 Å². The van der Waals surface area contributed by atoms with Crippen LogP contribution in [0.25, 0.3) is 0 Å². The molecule has 0 aliphatic carbocycles. The van der Waals surface area contributed by atoms with E-state index in [1.54, 1.807) is 4.90 Å². The Hall–Kier alpha value is -1.39. The van der Waals surface area contributed by atoms with E-state index in [2.05, 4.69) is 5.32 Å². The van der Waals surface area contributed by atoms with Crippen LogP contribution in [0.5, 0.6) is 0 Å². The highest BCUT2D eigenvalue weighted by Crippen LogP contribution is 2.20. The average Bonchev–Trinajstić information content (AvgIpc) is 2.86. The molecular formula is C13H18N2O2. The molecule has 1 saturated heterocycles. The number of hydrogen-bond donors (Lipinski definition) is 1. The van der Waals surface area contributed by atoms with Crippen LogP contribution in [0.3, 0.4) is 0 Å². The summed E-state index contributed by atoms with van der Waals surface area (Å²) < 4.78 is 5.36. The first-order valence-corrected chi connectivity index (χ1v) is 5.81. The van der Waals surface area contributed by atoms with Gasteiger partial charge in [-0.05, 0) is 19.2 Å². The van der Waals surface area contributed by atoms with Crippen molar-refractivity contribution in [3.63, 3.8) is 0 Å². The minimum absolute atomic E-state index is 0.0924. The Balaban J connectivity index is 2.10. The molecule has 1 aromatic carbocycles. The number of ether oxygens (including phenoxy) is 1. The van der Waals surface area contributed by atoms with Gasteiger partial charge in [-0.2, -0.15) is 0 Å². The van der Waals surface area contributed by atoms with Crippen LogP contribution in [0.4, 0.5) is 5.69 Å². The first-order chi connectivity index (χ1) is 8.24. The molecule has 2 rings (SSSR count). The SMILES string of the molecule is CNC1COCC1C(=O)N(C)c1ccccc1. The molecule has 0 spiro atoms. The Morgan fingerprint density at radius 2 is 2.06 bits per heavy atom. The first kappa shape index (κ1) is 12.1. The summed E-state index contributed by atoms with van der Waals surface area (Å²) in [6, 6.07) is 9.79. The van der Waals surface area contributed by atoms with E-state index in [0.717, 1.165) is 5.69 Å². The number of para-hydroxylation sites is 1. The van der Waals surface area contributed by atoms with Gasteiger partial charge in [0.15, 0.2) is 0 Å². The summed E-state index contributed by atoms with van der Waals surface area (Å²) in [7, 11) is 3.67. The third-order valence-corrected chi connectivity index (χ3v) is 3.24. The topological polar surface area (TPSA) is 41.6 Å². The Morgan fingerprint density at radius 3 is 2.71 bits per heavy atom. The maximum Gasteiger partial charge on any atom is 0.233 e. The van der Waals surface area contributed by atoms with E-state index in [0.29, 0.717) is 13.2 Å². The van der Waals surface area contributed by atoms with E-state index in [1.807, 2.05) is 44.4 Å². The second kappa shape index (κ2) is 5.29. The Bertz CT molecular complexity index is 380. The fourth-order valence-corrected chi connectivity index (χ4v) is 2.11. The maximum atomic E-state index is 12.3. The molecule has 1 aromatic rings. The van der Waals surface area contributed by atoms with Gasteiger partial charge in [0.05, 0.1) is 19.1 Å². The number of rotatable bonds is 3. The third-order valence-electron chi connectivity index (χ3n) is 3.24. The zero-order valence-electron chi connectivity index (χ0n) is 10.2. The summed E-state index contributed by atoms with van der Waals surface area (Å²) in [6.45, 7) is 1.11. The van der Waals surface area contributed by atoms with Gasteiger partial charge in [-0.3, -0.25) is 4.79 Å². The molecule has 1 N–H and O–H groups in total. The van der Waals surface area contributed by atoms with Gasteiger partial charge in [-0.25, -0.2) is 0 Å². The van der Waals surface area contributed by atoms with Gasteiger partial charge >= 0.3 is 0 Å². The summed E-state index contributed by atoms with van der Waals surface area (Å²) in [5.41, 5.74) is 0.916. The van der Waals surface area contributed by atoms with Crippen LogP contribution in [-0.4, -0.2) is 39.3 Å². The molecular weight excluding hydrogens is 216 g/mol. The summed E-state index contributed by atoms with van der Waals surface area (Å²) in [5.74, 6) is 0.0123. The fraction of sp³-hybridized carbons (Fsp3) is 0.462. The summed E-state index contributed by atoms with van der Waals surface area (Å²) in [5, 5.41) is 3.13. The highest BCUT2D eigenvalue weighted by Gasteiger charge is 2.34. The van der Waals surface area contributed by atoms with Crippen molar-refractivity contribution < 1.29 is 9.53 Å². The molecule has 1 fully saturated rings. The lowest BCUT2D eigenvalue weighted by Crippen LogP contribution is -2.43. The normalized spacial score (nSPS) is 23.6. The lowest BCUT2D eigenvalue weighted by atomic mass is 10.0. The van der Waals surface area contributed by atoms with Gasteiger partial charge in [-0.15, -0.1) is 0 Å². The minimum Gasteiger partial charge on any atom is -0.379 e. The second-order valence-corrected chi connectivity index (χ2v) is 4.27. The number of amides is 1. The number of anilines is 1. The molecule has 4 nitrogen and oxygen atoms in total. The molecule has 0 radical (unpaired) electrons. The van der Waals surface area contributed by atoms with Gasteiger partial charge < -0.3 is 15.0 Å². The van der Waals surface area contributed by atoms with Crippen LogP contribution < -0.4 is 10.2 Å². The van der Waals surface area contributed by atoms with E-state index in [-0.39, 0.29) is 17.9 Å². The van der Waals surface area contributed by atoms with Gasteiger partial charge in [-0.1, -0.05) is 18.2 Å². The summed E-state index contributed by atoms with van der Waals surface area (Å²) in [4.78, 5) is 14.0. The van der Waals surface area contributed by atoms with Crippen molar-refractivity contribution in [3.05, 3.63) is 30.3 Å². The van der Waals surface area contributed by atoms with Crippen LogP contribution in [0.2, 0.25) is 0 Å². The van der Waals surface area contributed by atoms with Crippen molar-refractivity contribution in [2.24, 2.45) is 5.92 Å². The zero-order valence-corrected chi connectivity index (χ0v) is 10.2. The van der Waals surface area contributed by atoms with Gasteiger partial charge in [0.1, 0.15) is 0 Å². The quantitative estimate of drug-likeness (QED) is 0.844. The number of benzene rings is 1. The van der Waals surface area contributed by atoms with Crippen molar-refractivity contribution in [2.75, 3.05) is 32.2 Å². The van der Waals surface area contributed by atoms with Crippen molar-refractivity contribution >= 4 is 11.6 Å². The molecule has 92 valence electrons. The number of nitrogens with one attached hydrogen (secondary N) is 1. The molecule has 2 atom stereocenters. The minimum atomic E-state index is -0.0924. The van der Waals surface area contributed by atoms with Gasteiger partial charge in [0.25, 0.3) is 0 Å². The van der Waals surface area contributed by atoms with Gasteiger partial charge in [0, 0.05) is 18.8 Å². The number of carbonyl (C=O) groups excluding carboxylic acids is 1. The van der Waals surface area contributed by atoms with E-state index in [1.165, 1.54) is 0 Å². The first-order valence-electron chi connectivity index (χ1n) is 5.81. The highest BCUT2D eigenvalue weighted by atomic mass is 16.5. The largest absolute Gasteiger partial charge is 0.379 e. The third kappa shape index (κ3) is 2.48. The Kier molecular flexibility index (Phi) is 3.76. The number of nitrogens with zero attached hydrogens (tertiary/aromatic N) is 1. The predicted octanol–water partition coefficient (Wildman–Crippen LogP) is 0.884. The van der Waals surface area contributed by atoms with E-state index in [9.17, 15) is 4.79 Å². The van der Waals surface area contributed by atoms with Crippen LogP contribution in [0.1, 0.15) is 0 Å². The molecule has 1 aliphatic rings. The summed E-state index contributed by atoms with van der Waals surface area (Å²) >= 11 is 0. The molecule has 1 amide bonds. The van der Waals surface area contributed by atoms with Crippen LogP contribution in [0, 0.1) is 5.92 Å². The smallest absolute Gasteiger partial charge is 0.233 e. The highest BCUT2D eigenvalue weighted by molar-refractivity contribution is 5.95. The molecule has 17 heavy (non-hydrogen) atoms. The number of carbonyl (C=O) groups is 1. The van der Waals surface area contributed by atoms with E-state index >= 15 is 0 Å². The average molecular weight is 234 g/mol. The van der Waals surface area contributed by atoms with Crippen molar-refractivity contribution in [3.8, 4) is 0 Å². The van der Waals surface area contributed by atoms with Crippen LogP contribution in [-0.2, 0) is 9.53 Å². The molecule has 0 bridgehead atoms. The lowest BCUT2D eigenvalue weighted by Gasteiger charge is -2.23. The van der Waals surface area contributed by atoms with E-state index in [4.69, 9.17) is 4.74 Å². The molecule has 0 saturated carbocycles. The predicted molar refractivity (Wildman–Crippen MR) is 67.0 cm³/mol. The molecule has 1 aliphatic heterocycles. The molecule has 1 heterocycles. The standard InChI is InChI=1S/C13H18N2O2/c1-14-12-9-17-8-11(12)13(16)15(2)10-6-4-3-5-7-10/h3-7,11-12,14H,8-9H2,1-2H3. The summed E-state index contributed by atoms with van der Waals surface area (Å²) in [6.07, 6.45) is 0. The number of hydrogen-bond acceptors (Lipinski definition) is 3. The number of likely N-dealkylation sites (N-methyl/N-ethyl adjacent to an activating group) is 1. The lowest BCUT2D eigenvalue weighted by molar-refractivity contribution is -0.122. The van der Waals surface area contributed by atoms with Crippen LogP contribution >= 0.6 is 0 Å². The maximum absolute atomic E-state index is 12.3. The molecule has 2 unspecified atom stereocenters. The monoisotopic (exact) mass is 234 g/mol. The second-order valence-electron chi connectivity index (χ2n) is 4.27.